The first-order valence-corrected chi connectivity index (χ1v) is 12.0. The number of phenolic OH excluding ortho intramolecular Hbond substituents is 1. The largest absolute Gasteiger partial charge is 0.508 e. The third-order valence-corrected chi connectivity index (χ3v) is 8.42. The molecular weight excluding hydrogens is 414 g/mol. The Labute approximate surface area is 188 Å². The molecule has 0 spiro atoms. The van der Waals surface area contributed by atoms with Gasteiger partial charge in [-0.2, -0.15) is 0 Å². The molecule has 2 amide bonds. The van der Waals surface area contributed by atoms with Gasteiger partial charge in [0, 0.05) is 49.7 Å². The summed E-state index contributed by atoms with van der Waals surface area (Å²) < 4.78 is 0. The molecule has 168 valence electrons. The van der Waals surface area contributed by atoms with Crippen LogP contribution in [0.3, 0.4) is 0 Å². The Morgan fingerprint density at radius 3 is 2.48 bits per heavy atom. The normalized spacial score (nSPS) is 31.9. The molecule has 4 aliphatic carbocycles. The van der Waals surface area contributed by atoms with Gasteiger partial charge in [0.25, 0.3) is 0 Å². The number of piperazine rings is 1. The van der Waals surface area contributed by atoms with Gasteiger partial charge in [0.05, 0.1) is 6.54 Å². The number of carbonyl (C=O) groups excluding carboxylic acids is 2. The predicted molar refractivity (Wildman–Crippen MR) is 119 cm³/mol. The summed E-state index contributed by atoms with van der Waals surface area (Å²) in [5.41, 5.74) is 1.02. The molecule has 2 unspecified atom stereocenters. The Hall–Kier alpha value is -1.79. The lowest BCUT2D eigenvalue weighted by atomic mass is 9.67. The number of carbonyl (C=O) groups is 2. The van der Waals surface area contributed by atoms with Crippen LogP contribution in [0.5, 0.6) is 5.75 Å². The van der Waals surface area contributed by atoms with Crippen LogP contribution in [-0.4, -0.2) is 59.4 Å². The van der Waals surface area contributed by atoms with Gasteiger partial charge < -0.3 is 15.3 Å². The highest BCUT2D eigenvalue weighted by atomic mass is 35.5. The standard InChI is InChI=1S/C24H32ClN3O3/c25-20-1-2-21(29)19(9-20)15-27-3-5-28(6-4-27)23(31)14-26-22(30)13-24-10-16-7-17(11-24)18(8-16)12-24/h1-2,9,16-18,29H,3-8,10-15H2,(H,26,30). The van der Waals surface area contributed by atoms with Gasteiger partial charge in [-0.25, -0.2) is 0 Å². The number of halogens is 1. The molecule has 1 saturated heterocycles. The van der Waals surface area contributed by atoms with Crippen molar-refractivity contribution in [2.45, 2.75) is 45.1 Å². The van der Waals surface area contributed by atoms with Crippen LogP contribution >= 0.6 is 11.6 Å². The summed E-state index contributed by atoms with van der Waals surface area (Å²) in [7, 11) is 0. The molecule has 1 aromatic carbocycles. The van der Waals surface area contributed by atoms with E-state index in [2.05, 4.69) is 10.2 Å². The highest BCUT2D eigenvalue weighted by Crippen LogP contribution is 2.65. The summed E-state index contributed by atoms with van der Waals surface area (Å²) in [5, 5.41) is 13.5. The van der Waals surface area contributed by atoms with Crippen molar-refractivity contribution in [2.24, 2.45) is 23.2 Å². The highest BCUT2D eigenvalue weighted by Gasteiger charge is 2.56. The quantitative estimate of drug-likeness (QED) is 0.706. The number of benzene rings is 1. The van der Waals surface area contributed by atoms with E-state index in [9.17, 15) is 14.7 Å². The van der Waals surface area contributed by atoms with Gasteiger partial charge in [-0.15, -0.1) is 0 Å². The molecule has 2 atom stereocenters. The fraction of sp³-hybridized carbons (Fsp3) is 0.667. The van der Waals surface area contributed by atoms with E-state index in [1.54, 1.807) is 18.2 Å². The number of amides is 2. The molecular formula is C24H32ClN3O3. The lowest BCUT2D eigenvalue weighted by Gasteiger charge is -2.38. The number of aromatic hydroxyl groups is 1. The maximum Gasteiger partial charge on any atom is 0.242 e. The van der Waals surface area contributed by atoms with E-state index in [-0.39, 0.29) is 29.5 Å². The van der Waals surface area contributed by atoms with Gasteiger partial charge in [0.1, 0.15) is 5.75 Å². The molecule has 0 aromatic heterocycles. The van der Waals surface area contributed by atoms with E-state index in [1.165, 1.54) is 32.1 Å². The minimum atomic E-state index is -0.00751. The van der Waals surface area contributed by atoms with Gasteiger partial charge >= 0.3 is 0 Å². The average Bonchev–Trinajstić information content (AvgIpc) is 3.15. The molecule has 1 aliphatic heterocycles. The molecule has 5 fully saturated rings. The first-order valence-electron chi connectivity index (χ1n) is 11.6. The summed E-state index contributed by atoms with van der Waals surface area (Å²) >= 11 is 6.03. The molecule has 4 saturated carbocycles. The number of nitrogens with one attached hydrogen (secondary N) is 1. The van der Waals surface area contributed by atoms with E-state index >= 15 is 0 Å². The first kappa shape index (κ1) is 21.1. The maximum absolute atomic E-state index is 12.6. The third kappa shape index (κ3) is 4.42. The third-order valence-electron chi connectivity index (χ3n) is 8.18. The second-order valence-electron chi connectivity index (χ2n) is 10.4. The number of nitrogens with zero attached hydrogens (tertiary/aromatic N) is 2. The monoisotopic (exact) mass is 445 g/mol. The zero-order chi connectivity index (χ0) is 21.6. The SMILES string of the molecule is O=C(CC12CC3CC(C1)C(C3)C2)NCC(=O)N1CCN(Cc2cc(Cl)ccc2O)CC1. The highest BCUT2D eigenvalue weighted by molar-refractivity contribution is 6.30. The number of rotatable bonds is 6. The number of hydrogen-bond acceptors (Lipinski definition) is 4. The molecule has 1 aromatic rings. The fourth-order valence-electron chi connectivity index (χ4n) is 6.96. The van der Waals surface area contributed by atoms with Gasteiger partial charge in [-0.05, 0) is 73.5 Å². The molecule has 1 heterocycles. The van der Waals surface area contributed by atoms with Crippen LogP contribution in [0.4, 0.5) is 0 Å². The molecule has 6 nitrogen and oxygen atoms in total. The Morgan fingerprint density at radius 2 is 1.81 bits per heavy atom. The fourth-order valence-corrected chi connectivity index (χ4v) is 7.16. The minimum Gasteiger partial charge on any atom is -0.508 e. The minimum absolute atomic E-state index is 0.00751. The van der Waals surface area contributed by atoms with Crippen molar-refractivity contribution in [2.75, 3.05) is 32.7 Å². The van der Waals surface area contributed by atoms with Crippen LogP contribution in [0.2, 0.25) is 5.02 Å². The summed E-state index contributed by atoms with van der Waals surface area (Å²) in [6, 6.07) is 5.07. The lowest BCUT2D eigenvalue weighted by Crippen LogP contribution is -2.51. The molecule has 2 N–H and O–H groups in total. The summed E-state index contributed by atoms with van der Waals surface area (Å²) in [5.74, 6) is 2.85. The van der Waals surface area contributed by atoms with Crippen molar-refractivity contribution in [3.8, 4) is 5.75 Å². The smallest absolute Gasteiger partial charge is 0.242 e. The van der Waals surface area contributed by atoms with Gasteiger partial charge in [0.2, 0.25) is 11.8 Å². The van der Waals surface area contributed by atoms with Crippen LogP contribution in [0.25, 0.3) is 0 Å². The number of hydrogen-bond donors (Lipinski definition) is 2. The molecule has 5 aliphatic rings. The van der Waals surface area contributed by atoms with E-state index < -0.39 is 0 Å². The molecule has 7 heteroatoms. The Bertz CT molecular complexity index is 848. The Kier molecular flexibility index (Phi) is 5.63. The first-order chi connectivity index (χ1) is 14.9. The van der Waals surface area contributed by atoms with Gasteiger partial charge in [-0.1, -0.05) is 11.6 Å². The molecule has 31 heavy (non-hydrogen) atoms. The van der Waals surface area contributed by atoms with E-state index in [4.69, 9.17) is 11.6 Å². The van der Waals surface area contributed by atoms with Crippen LogP contribution in [0.1, 0.15) is 44.1 Å². The van der Waals surface area contributed by atoms with Crippen molar-refractivity contribution < 1.29 is 14.7 Å². The average molecular weight is 446 g/mol. The predicted octanol–water partition coefficient (Wildman–Crippen LogP) is 3.02. The van der Waals surface area contributed by atoms with Crippen molar-refractivity contribution in [3.63, 3.8) is 0 Å². The van der Waals surface area contributed by atoms with Crippen molar-refractivity contribution >= 4 is 23.4 Å². The van der Waals surface area contributed by atoms with Crippen LogP contribution in [0.15, 0.2) is 18.2 Å². The van der Waals surface area contributed by atoms with E-state index in [0.29, 0.717) is 31.1 Å². The molecule has 0 radical (unpaired) electrons. The topological polar surface area (TPSA) is 72.9 Å². The van der Waals surface area contributed by atoms with E-state index in [1.807, 2.05) is 4.90 Å². The van der Waals surface area contributed by atoms with Gasteiger partial charge in [0.15, 0.2) is 0 Å². The van der Waals surface area contributed by atoms with Crippen LogP contribution in [0, 0.1) is 23.2 Å². The van der Waals surface area contributed by atoms with Crippen molar-refractivity contribution in [3.05, 3.63) is 28.8 Å². The summed E-state index contributed by atoms with van der Waals surface area (Å²) in [6.07, 6.45) is 7.02. The second-order valence-corrected chi connectivity index (χ2v) is 10.8. The maximum atomic E-state index is 12.6. The number of phenols is 1. The summed E-state index contributed by atoms with van der Waals surface area (Å²) in [6.45, 7) is 3.43. The van der Waals surface area contributed by atoms with Crippen molar-refractivity contribution in [1.29, 1.82) is 0 Å². The van der Waals surface area contributed by atoms with Crippen LogP contribution in [-0.2, 0) is 16.1 Å². The van der Waals surface area contributed by atoms with Crippen LogP contribution < -0.4 is 5.32 Å². The van der Waals surface area contributed by atoms with Gasteiger partial charge in [-0.3, -0.25) is 14.5 Å². The van der Waals surface area contributed by atoms with Crippen molar-refractivity contribution in [1.82, 2.24) is 15.1 Å². The Morgan fingerprint density at radius 1 is 1.10 bits per heavy atom. The molecule has 4 bridgehead atoms. The zero-order valence-electron chi connectivity index (χ0n) is 18.0. The zero-order valence-corrected chi connectivity index (χ0v) is 18.7. The lowest BCUT2D eigenvalue weighted by molar-refractivity contribution is -0.135. The summed E-state index contributed by atoms with van der Waals surface area (Å²) in [4.78, 5) is 29.2. The second kappa shape index (κ2) is 8.28. The molecule has 6 rings (SSSR count). The Balaban J connectivity index is 1.05. The van der Waals surface area contributed by atoms with E-state index in [0.717, 1.165) is 36.4 Å².